The van der Waals surface area contributed by atoms with Crippen LogP contribution in [0.5, 0.6) is 5.75 Å². The van der Waals surface area contributed by atoms with Crippen molar-refractivity contribution in [2.75, 3.05) is 12.3 Å². The fourth-order valence-corrected chi connectivity index (χ4v) is 0.920. The predicted molar refractivity (Wildman–Crippen MR) is 51.9 cm³/mol. The van der Waals surface area contributed by atoms with Crippen molar-refractivity contribution in [2.24, 2.45) is 0 Å². The number of aldehydes is 1. The fourth-order valence-electron chi connectivity index (χ4n) is 0.920. The molecule has 0 bridgehead atoms. The highest BCUT2D eigenvalue weighted by molar-refractivity contribution is 5.78. The van der Waals surface area contributed by atoms with E-state index in [9.17, 15) is 4.79 Å². The van der Waals surface area contributed by atoms with Crippen LogP contribution in [0.15, 0.2) is 30.9 Å². The topological polar surface area (TPSA) is 52.3 Å². The summed E-state index contributed by atoms with van der Waals surface area (Å²) in [6, 6.07) is 4.90. The van der Waals surface area contributed by atoms with E-state index < -0.39 is 0 Å². The van der Waals surface area contributed by atoms with Crippen LogP contribution in [0.4, 0.5) is 5.69 Å². The van der Waals surface area contributed by atoms with Crippen LogP contribution in [0.2, 0.25) is 0 Å². The summed E-state index contributed by atoms with van der Waals surface area (Å²) < 4.78 is 5.23. The number of ether oxygens (including phenoxy) is 1. The molecule has 2 N–H and O–H groups in total. The maximum atomic E-state index is 10.4. The maximum Gasteiger partial charge on any atom is 0.150 e. The minimum absolute atomic E-state index is 0.407. The predicted octanol–water partition coefficient (Wildman–Crippen LogP) is 1.65. The third-order valence-corrected chi connectivity index (χ3v) is 1.53. The smallest absolute Gasteiger partial charge is 0.150 e. The monoisotopic (exact) mass is 177 g/mol. The average molecular weight is 177 g/mol. The molecular weight excluding hydrogens is 166 g/mol. The Morgan fingerprint density at radius 1 is 1.54 bits per heavy atom. The van der Waals surface area contributed by atoms with Crippen LogP contribution >= 0.6 is 0 Å². The molecule has 1 aromatic carbocycles. The van der Waals surface area contributed by atoms with E-state index >= 15 is 0 Å². The molecule has 0 aromatic heterocycles. The molecule has 13 heavy (non-hydrogen) atoms. The van der Waals surface area contributed by atoms with E-state index in [0.29, 0.717) is 23.6 Å². The number of carbonyl (C=O) groups is 1. The van der Waals surface area contributed by atoms with Crippen molar-refractivity contribution in [3.8, 4) is 5.75 Å². The van der Waals surface area contributed by atoms with Crippen LogP contribution < -0.4 is 10.5 Å². The lowest BCUT2D eigenvalue weighted by Gasteiger charge is -2.06. The lowest BCUT2D eigenvalue weighted by atomic mass is 10.2. The number of nitrogen functional groups attached to an aromatic ring is 1. The highest BCUT2D eigenvalue weighted by Crippen LogP contribution is 2.21. The number of carbonyl (C=O) groups excluding carboxylic acids is 1. The fraction of sp³-hybridized carbons (Fsp3) is 0.100. The van der Waals surface area contributed by atoms with Crippen molar-refractivity contribution in [3.05, 3.63) is 36.4 Å². The van der Waals surface area contributed by atoms with Crippen LogP contribution in [0.1, 0.15) is 10.4 Å². The van der Waals surface area contributed by atoms with Gasteiger partial charge in [-0.15, -0.1) is 0 Å². The zero-order valence-electron chi connectivity index (χ0n) is 7.19. The molecule has 0 fully saturated rings. The van der Waals surface area contributed by atoms with Crippen LogP contribution in [-0.2, 0) is 0 Å². The molecule has 0 radical (unpaired) electrons. The molecule has 3 nitrogen and oxygen atoms in total. The molecule has 68 valence electrons. The molecule has 0 heterocycles. The van der Waals surface area contributed by atoms with Gasteiger partial charge in [-0.2, -0.15) is 0 Å². The summed E-state index contributed by atoms with van der Waals surface area (Å²) >= 11 is 0. The number of rotatable bonds is 4. The number of anilines is 1. The van der Waals surface area contributed by atoms with Gasteiger partial charge in [0.1, 0.15) is 18.6 Å². The summed E-state index contributed by atoms with van der Waals surface area (Å²) in [5.74, 6) is 0.575. The quantitative estimate of drug-likeness (QED) is 0.432. The van der Waals surface area contributed by atoms with E-state index in [1.54, 1.807) is 24.3 Å². The Labute approximate surface area is 76.8 Å². The van der Waals surface area contributed by atoms with Crippen molar-refractivity contribution in [3.63, 3.8) is 0 Å². The summed E-state index contributed by atoms with van der Waals surface area (Å²) in [6.45, 7) is 3.92. The van der Waals surface area contributed by atoms with Crippen molar-refractivity contribution >= 4 is 12.0 Å². The van der Waals surface area contributed by atoms with Crippen molar-refractivity contribution in [2.45, 2.75) is 0 Å². The van der Waals surface area contributed by atoms with E-state index in [-0.39, 0.29) is 0 Å². The highest BCUT2D eigenvalue weighted by Gasteiger charge is 1.99. The molecule has 1 aromatic rings. The first-order chi connectivity index (χ1) is 6.27. The second-order valence-corrected chi connectivity index (χ2v) is 2.51. The van der Waals surface area contributed by atoms with Gasteiger partial charge in [0, 0.05) is 5.56 Å². The Morgan fingerprint density at radius 3 is 2.85 bits per heavy atom. The minimum Gasteiger partial charge on any atom is -0.487 e. The van der Waals surface area contributed by atoms with Crippen LogP contribution in [0, 0.1) is 0 Å². The van der Waals surface area contributed by atoms with Crippen molar-refractivity contribution in [1.29, 1.82) is 0 Å². The van der Waals surface area contributed by atoms with Gasteiger partial charge in [0.05, 0.1) is 5.69 Å². The zero-order valence-corrected chi connectivity index (χ0v) is 7.19. The first-order valence-electron chi connectivity index (χ1n) is 3.86. The van der Waals surface area contributed by atoms with Gasteiger partial charge in [-0.1, -0.05) is 12.7 Å². The third-order valence-electron chi connectivity index (χ3n) is 1.53. The van der Waals surface area contributed by atoms with Gasteiger partial charge in [-0.05, 0) is 18.2 Å². The van der Waals surface area contributed by atoms with E-state index in [2.05, 4.69) is 6.58 Å². The Morgan fingerprint density at radius 2 is 2.31 bits per heavy atom. The van der Waals surface area contributed by atoms with Gasteiger partial charge in [0.2, 0.25) is 0 Å². The average Bonchev–Trinajstić information content (AvgIpc) is 2.16. The molecular formula is C10H11NO2. The summed E-state index contributed by atoms with van der Waals surface area (Å²) in [5.41, 5.74) is 6.63. The molecule has 0 amide bonds. The standard InChI is InChI=1S/C10H11NO2/c1-2-5-13-10-4-3-8(7-12)6-9(10)11/h2-4,6-7H,1,5,11H2. The SMILES string of the molecule is C=CCOc1ccc(C=O)cc1N. The molecule has 0 saturated heterocycles. The van der Waals surface area contributed by atoms with Crippen molar-refractivity contribution in [1.82, 2.24) is 0 Å². The van der Waals surface area contributed by atoms with E-state index in [0.717, 1.165) is 6.29 Å². The molecule has 1 rings (SSSR count). The normalized spacial score (nSPS) is 9.23. The van der Waals surface area contributed by atoms with E-state index in [4.69, 9.17) is 10.5 Å². The summed E-state index contributed by atoms with van der Waals surface area (Å²) in [6.07, 6.45) is 2.38. The highest BCUT2D eigenvalue weighted by atomic mass is 16.5. The first-order valence-corrected chi connectivity index (χ1v) is 3.86. The Bertz CT molecular complexity index is 321. The van der Waals surface area contributed by atoms with Crippen LogP contribution in [-0.4, -0.2) is 12.9 Å². The minimum atomic E-state index is 0.407. The largest absolute Gasteiger partial charge is 0.487 e. The van der Waals surface area contributed by atoms with Gasteiger partial charge >= 0.3 is 0 Å². The summed E-state index contributed by atoms with van der Waals surface area (Å²) in [4.78, 5) is 10.4. The number of hydrogen-bond acceptors (Lipinski definition) is 3. The number of hydrogen-bond donors (Lipinski definition) is 1. The summed E-state index contributed by atoms with van der Waals surface area (Å²) in [5, 5.41) is 0. The maximum absolute atomic E-state index is 10.4. The Kier molecular flexibility index (Phi) is 3.09. The molecule has 0 aliphatic heterocycles. The van der Waals surface area contributed by atoms with Gasteiger partial charge in [-0.3, -0.25) is 4.79 Å². The van der Waals surface area contributed by atoms with E-state index in [1.807, 2.05) is 0 Å². The van der Waals surface area contributed by atoms with Gasteiger partial charge in [-0.25, -0.2) is 0 Å². The van der Waals surface area contributed by atoms with Gasteiger partial charge < -0.3 is 10.5 Å². The first kappa shape index (κ1) is 9.32. The lowest BCUT2D eigenvalue weighted by molar-refractivity contribution is 0.112. The number of nitrogens with two attached hydrogens (primary N) is 1. The zero-order chi connectivity index (χ0) is 9.68. The number of benzene rings is 1. The lowest BCUT2D eigenvalue weighted by Crippen LogP contribution is -1.98. The molecule has 3 heteroatoms. The summed E-state index contributed by atoms with van der Waals surface area (Å²) in [7, 11) is 0. The van der Waals surface area contributed by atoms with Gasteiger partial charge in [0.25, 0.3) is 0 Å². The van der Waals surface area contributed by atoms with Crippen LogP contribution in [0.25, 0.3) is 0 Å². The van der Waals surface area contributed by atoms with Gasteiger partial charge in [0.15, 0.2) is 0 Å². The third kappa shape index (κ3) is 2.33. The molecule has 0 saturated carbocycles. The Balaban J connectivity index is 2.84. The van der Waals surface area contributed by atoms with Crippen LogP contribution in [0.3, 0.4) is 0 Å². The second-order valence-electron chi connectivity index (χ2n) is 2.51. The molecule has 0 atom stereocenters. The molecule has 0 unspecified atom stereocenters. The second kappa shape index (κ2) is 4.30. The molecule has 0 aliphatic carbocycles. The van der Waals surface area contributed by atoms with Crippen molar-refractivity contribution < 1.29 is 9.53 Å². The Hall–Kier alpha value is -1.77. The molecule has 0 aliphatic rings. The van der Waals surface area contributed by atoms with E-state index in [1.165, 1.54) is 0 Å². The molecule has 0 spiro atoms.